The molecule has 1 fully saturated rings. The van der Waals surface area contributed by atoms with E-state index >= 15 is 0 Å². The van der Waals surface area contributed by atoms with Gasteiger partial charge in [-0.1, -0.05) is 24.3 Å². The van der Waals surface area contributed by atoms with E-state index in [0.717, 1.165) is 37.1 Å². The van der Waals surface area contributed by atoms with Gasteiger partial charge in [0.15, 0.2) is 6.61 Å². The molecule has 0 bridgehead atoms. The zero-order chi connectivity index (χ0) is 19.8. The van der Waals surface area contributed by atoms with Crippen molar-refractivity contribution in [3.8, 4) is 5.75 Å². The number of hydrogen-bond donors (Lipinski definition) is 1. The Kier molecular flexibility index (Phi) is 7.39. The Morgan fingerprint density at radius 2 is 1.89 bits per heavy atom. The number of nitrogens with zero attached hydrogens (tertiary/aromatic N) is 1. The first-order chi connectivity index (χ1) is 13.7. The first-order valence-electron chi connectivity index (χ1n) is 9.63. The van der Waals surface area contributed by atoms with Crippen molar-refractivity contribution in [1.82, 2.24) is 10.2 Å². The van der Waals surface area contributed by atoms with Crippen molar-refractivity contribution in [3.05, 3.63) is 65.0 Å². The third kappa shape index (κ3) is 5.53. The molecule has 0 atom stereocenters. The fourth-order valence-electron chi connectivity index (χ4n) is 3.33. The number of halogens is 1. The van der Waals surface area contributed by atoms with Crippen molar-refractivity contribution >= 4 is 5.91 Å². The number of likely N-dealkylation sites (tertiary alicyclic amines) is 1. The van der Waals surface area contributed by atoms with Crippen LogP contribution in [-0.4, -0.2) is 37.6 Å². The second-order valence-corrected chi connectivity index (χ2v) is 6.95. The molecule has 1 aliphatic rings. The topological polar surface area (TPSA) is 50.8 Å². The minimum absolute atomic E-state index is 0.0391. The number of rotatable bonds is 9. The molecule has 3 rings (SSSR count). The third-order valence-electron chi connectivity index (χ3n) is 4.84. The molecule has 1 N–H and O–H groups in total. The van der Waals surface area contributed by atoms with E-state index in [2.05, 4.69) is 5.32 Å². The molecule has 150 valence electrons. The van der Waals surface area contributed by atoms with Gasteiger partial charge in [0.2, 0.25) is 0 Å². The molecule has 1 aliphatic heterocycles. The summed E-state index contributed by atoms with van der Waals surface area (Å²) in [7, 11) is 1.55. The fourth-order valence-corrected chi connectivity index (χ4v) is 3.33. The molecule has 0 saturated carbocycles. The van der Waals surface area contributed by atoms with Crippen molar-refractivity contribution in [2.75, 3.05) is 26.8 Å². The van der Waals surface area contributed by atoms with E-state index in [1.54, 1.807) is 13.2 Å². The molecular weight excluding hydrogens is 359 g/mol. The van der Waals surface area contributed by atoms with Gasteiger partial charge >= 0.3 is 0 Å². The van der Waals surface area contributed by atoms with Gasteiger partial charge in [0.05, 0.1) is 6.61 Å². The summed E-state index contributed by atoms with van der Waals surface area (Å²) in [6, 6.07) is 12.7. The van der Waals surface area contributed by atoms with Gasteiger partial charge in [0, 0.05) is 44.4 Å². The molecule has 5 nitrogen and oxygen atoms in total. The second kappa shape index (κ2) is 10.2. The molecule has 0 unspecified atom stereocenters. The Balaban J connectivity index is 1.53. The average Bonchev–Trinajstić information content (AvgIpc) is 3.24. The lowest BCUT2D eigenvalue weighted by atomic mass is 10.1. The SMILES string of the molecule is COCc1cc(CNCc2ccccc2OCC(=O)N2CCCC2)ccc1F. The van der Waals surface area contributed by atoms with E-state index in [1.807, 2.05) is 35.2 Å². The Morgan fingerprint density at radius 1 is 1.11 bits per heavy atom. The third-order valence-corrected chi connectivity index (χ3v) is 4.84. The van der Waals surface area contributed by atoms with Crippen LogP contribution >= 0.6 is 0 Å². The average molecular weight is 386 g/mol. The number of benzene rings is 2. The van der Waals surface area contributed by atoms with E-state index in [9.17, 15) is 9.18 Å². The number of nitrogens with one attached hydrogen (secondary N) is 1. The smallest absolute Gasteiger partial charge is 0.260 e. The zero-order valence-corrected chi connectivity index (χ0v) is 16.2. The van der Waals surface area contributed by atoms with Crippen LogP contribution in [0.25, 0.3) is 0 Å². The number of carbonyl (C=O) groups is 1. The molecule has 2 aromatic carbocycles. The highest BCUT2D eigenvalue weighted by Crippen LogP contribution is 2.19. The molecule has 0 aliphatic carbocycles. The Bertz CT molecular complexity index is 791. The van der Waals surface area contributed by atoms with E-state index in [1.165, 1.54) is 6.07 Å². The number of methoxy groups -OCH3 is 1. The lowest BCUT2D eigenvalue weighted by Crippen LogP contribution is -2.32. The fraction of sp³-hybridized carbons (Fsp3) is 0.409. The van der Waals surface area contributed by atoms with Gasteiger partial charge < -0.3 is 19.7 Å². The summed E-state index contributed by atoms with van der Waals surface area (Å²) >= 11 is 0. The van der Waals surface area contributed by atoms with Gasteiger partial charge in [-0.25, -0.2) is 4.39 Å². The van der Waals surface area contributed by atoms with Crippen LogP contribution in [0.2, 0.25) is 0 Å². The first kappa shape index (κ1) is 20.3. The van der Waals surface area contributed by atoms with Gasteiger partial charge in [-0.15, -0.1) is 0 Å². The van der Waals surface area contributed by atoms with Gasteiger partial charge in [0.1, 0.15) is 11.6 Å². The van der Waals surface area contributed by atoms with Crippen LogP contribution in [-0.2, 0) is 29.2 Å². The van der Waals surface area contributed by atoms with Crippen LogP contribution in [0.1, 0.15) is 29.5 Å². The number of ether oxygens (including phenoxy) is 2. The second-order valence-electron chi connectivity index (χ2n) is 6.95. The Hall–Kier alpha value is -2.44. The Morgan fingerprint density at radius 3 is 2.68 bits per heavy atom. The zero-order valence-electron chi connectivity index (χ0n) is 16.2. The lowest BCUT2D eigenvalue weighted by Gasteiger charge is -2.17. The minimum Gasteiger partial charge on any atom is -0.483 e. The van der Waals surface area contributed by atoms with Gasteiger partial charge in [-0.3, -0.25) is 4.79 Å². The van der Waals surface area contributed by atoms with Crippen LogP contribution in [0.4, 0.5) is 4.39 Å². The number of amides is 1. The molecule has 28 heavy (non-hydrogen) atoms. The molecule has 1 heterocycles. The highest BCUT2D eigenvalue weighted by atomic mass is 19.1. The largest absolute Gasteiger partial charge is 0.483 e. The summed E-state index contributed by atoms with van der Waals surface area (Å²) in [6.45, 7) is 3.15. The molecule has 6 heteroatoms. The lowest BCUT2D eigenvalue weighted by molar-refractivity contribution is -0.132. The van der Waals surface area contributed by atoms with Crippen LogP contribution in [0.3, 0.4) is 0 Å². The maximum Gasteiger partial charge on any atom is 0.260 e. The number of hydrogen-bond acceptors (Lipinski definition) is 4. The normalized spacial score (nSPS) is 13.7. The van der Waals surface area contributed by atoms with Gasteiger partial charge in [0.25, 0.3) is 5.91 Å². The standard InChI is InChI=1S/C22H27FN2O3/c1-27-15-19-12-17(8-9-20(19)23)13-24-14-18-6-2-3-7-21(18)28-16-22(26)25-10-4-5-11-25/h2-3,6-9,12,24H,4-5,10-11,13-16H2,1H3. The van der Waals surface area contributed by atoms with Crippen LogP contribution in [0.5, 0.6) is 5.75 Å². The predicted molar refractivity (Wildman–Crippen MR) is 105 cm³/mol. The molecule has 2 aromatic rings. The molecule has 0 radical (unpaired) electrons. The van der Waals surface area contributed by atoms with Gasteiger partial charge in [-0.2, -0.15) is 0 Å². The van der Waals surface area contributed by atoms with Crippen molar-refractivity contribution in [2.24, 2.45) is 0 Å². The van der Waals surface area contributed by atoms with Crippen LogP contribution < -0.4 is 10.1 Å². The summed E-state index contributed by atoms with van der Waals surface area (Å²) in [6.07, 6.45) is 2.14. The molecule has 1 amide bonds. The van der Waals surface area contributed by atoms with Crippen LogP contribution in [0.15, 0.2) is 42.5 Å². The number of carbonyl (C=O) groups excluding carboxylic acids is 1. The number of para-hydroxylation sites is 1. The summed E-state index contributed by atoms with van der Waals surface area (Å²) in [5, 5.41) is 3.35. The molecule has 1 saturated heterocycles. The predicted octanol–water partition coefficient (Wildman–Crippen LogP) is 3.26. The summed E-state index contributed by atoms with van der Waals surface area (Å²) in [5.74, 6) is 0.492. The Labute approximate surface area is 165 Å². The minimum atomic E-state index is -0.257. The highest BCUT2D eigenvalue weighted by Gasteiger charge is 2.18. The highest BCUT2D eigenvalue weighted by molar-refractivity contribution is 5.78. The van der Waals surface area contributed by atoms with Gasteiger partial charge in [-0.05, 0) is 36.6 Å². The summed E-state index contributed by atoms with van der Waals surface area (Å²) in [4.78, 5) is 14.0. The van der Waals surface area contributed by atoms with E-state index in [0.29, 0.717) is 24.4 Å². The van der Waals surface area contributed by atoms with Crippen molar-refractivity contribution in [1.29, 1.82) is 0 Å². The molecular formula is C22H27FN2O3. The van der Waals surface area contributed by atoms with E-state index in [-0.39, 0.29) is 24.9 Å². The quantitative estimate of drug-likeness (QED) is 0.719. The first-order valence-corrected chi connectivity index (χ1v) is 9.63. The van der Waals surface area contributed by atoms with E-state index in [4.69, 9.17) is 9.47 Å². The van der Waals surface area contributed by atoms with Crippen molar-refractivity contribution in [3.63, 3.8) is 0 Å². The summed E-state index contributed by atoms with van der Waals surface area (Å²) < 4.78 is 24.5. The summed E-state index contributed by atoms with van der Waals surface area (Å²) in [5.41, 5.74) is 2.51. The van der Waals surface area contributed by atoms with E-state index < -0.39 is 0 Å². The van der Waals surface area contributed by atoms with Crippen molar-refractivity contribution < 1.29 is 18.7 Å². The maximum absolute atomic E-state index is 13.7. The molecule has 0 aromatic heterocycles. The van der Waals surface area contributed by atoms with Crippen molar-refractivity contribution in [2.45, 2.75) is 32.5 Å². The van der Waals surface area contributed by atoms with Crippen LogP contribution in [0, 0.1) is 5.82 Å². The molecule has 0 spiro atoms. The maximum atomic E-state index is 13.7. The monoisotopic (exact) mass is 386 g/mol.